The Labute approximate surface area is 173 Å². The predicted octanol–water partition coefficient (Wildman–Crippen LogP) is 3.95. The Morgan fingerprint density at radius 1 is 1.10 bits per heavy atom. The maximum atomic E-state index is 12.8. The van der Waals surface area contributed by atoms with Crippen molar-refractivity contribution in [1.29, 1.82) is 0 Å². The number of hydrogen-bond acceptors (Lipinski definition) is 4. The highest BCUT2D eigenvalue weighted by atomic mass is 16.1. The highest BCUT2D eigenvalue weighted by Gasteiger charge is 2.19. The molecule has 0 unspecified atom stereocenters. The van der Waals surface area contributed by atoms with E-state index in [4.69, 9.17) is 0 Å². The molecule has 1 aromatic carbocycles. The molecule has 0 spiro atoms. The number of nitrogens with one attached hydrogen (secondary N) is 2. The Bertz CT molecular complexity index is 1270. The zero-order chi connectivity index (χ0) is 20.5. The molecule has 30 heavy (non-hydrogen) atoms. The van der Waals surface area contributed by atoms with Crippen LogP contribution in [-0.2, 0) is 6.42 Å². The lowest BCUT2D eigenvalue weighted by molar-refractivity contribution is 0.102. The monoisotopic (exact) mass is 401 g/mol. The molecule has 0 bridgehead atoms. The van der Waals surface area contributed by atoms with Crippen LogP contribution in [0.3, 0.4) is 0 Å². The minimum Gasteiger partial charge on any atom is -0.322 e. The minimum absolute atomic E-state index is 0.168. The molecular weight excluding hydrogens is 378 g/mol. The average molecular weight is 401 g/mol. The maximum absolute atomic E-state index is 12.8. The van der Waals surface area contributed by atoms with E-state index in [1.165, 1.54) is 32.1 Å². The van der Waals surface area contributed by atoms with Crippen LogP contribution in [-0.4, -0.2) is 25.3 Å². The van der Waals surface area contributed by atoms with Gasteiger partial charge in [0, 0.05) is 30.1 Å². The minimum atomic E-state index is -0.212. The zero-order valence-electron chi connectivity index (χ0n) is 16.6. The largest absolute Gasteiger partial charge is 0.322 e. The van der Waals surface area contributed by atoms with Crippen molar-refractivity contribution < 1.29 is 4.79 Å². The Morgan fingerprint density at radius 2 is 1.90 bits per heavy atom. The summed E-state index contributed by atoms with van der Waals surface area (Å²) in [7, 11) is 0. The van der Waals surface area contributed by atoms with Crippen molar-refractivity contribution in [3.8, 4) is 0 Å². The number of hydrogen-bond donors (Lipinski definition) is 2. The molecule has 2 N–H and O–H groups in total. The SMILES string of the molecule is O=C(Nc1ccncc1)c1ccc2[nH]c(=O)c3cnc(CC4CCCCC4)n3c2c1. The number of nitrogens with zero attached hydrogens (tertiary/aromatic N) is 3. The molecule has 4 aromatic rings. The van der Waals surface area contributed by atoms with Gasteiger partial charge in [-0.25, -0.2) is 4.98 Å². The van der Waals surface area contributed by atoms with E-state index in [1.54, 1.807) is 42.9 Å². The van der Waals surface area contributed by atoms with Crippen molar-refractivity contribution in [2.45, 2.75) is 38.5 Å². The molecule has 3 aromatic heterocycles. The Balaban J connectivity index is 1.56. The van der Waals surface area contributed by atoms with Crippen LogP contribution in [0, 0.1) is 5.92 Å². The van der Waals surface area contributed by atoms with E-state index < -0.39 is 0 Å². The van der Waals surface area contributed by atoms with Crippen LogP contribution >= 0.6 is 0 Å². The fourth-order valence-corrected chi connectivity index (χ4v) is 4.40. The molecule has 152 valence electrons. The van der Waals surface area contributed by atoms with Gasteiger partial charge < -0.3 is 10.3 Å². The number of amides is 1. The van der Waals surface area contributed by atoms with Gasteiger partial charge >= 0.3 is 0 Å². The number of H-pyrrole nitrogens is 1. The van der Waals surface area contributed by atoms with Gasteiger partial charge in [-0.1, -0.05) is 32.1 Å². The molecular formula is C23H23N5O2. The van der Waals surface area contributed by atoms with E-state index in [9.17, 15) is 9.59 Å². The number of pyridine rings is 1. The summed E-state index contributed by atoms with van der Waals surface area (Å²) in [5, 5.41) is 2.88. The Morgan fingerprint density at radius 3 is 2.70 bits per heavy atom. The summed E-state index contributed by atoms with van der Waals surface area (Å²) in [6.07, 6.45) is 12.0. The van der Waals surface area contributed by atoms with Gasteiger partial charge in [-0.3, -0.25) is 19.0 Å². The van der Waals surface area contributed by atoms with Crippen LogP contribution in [0.5, 0.6) is 0 Å². The number of carbonyl (C=O) groups excluding carboxylic acids is 1. The fraction of sp³-hybridized carbons (Fsp3) is 0.304. The van der Waals surface area contributed by atoms with Crippen LogP contribution in [0.2, 0.25) is 0 Å². The molecule has 7 nitrogen and oxygen atoms in total. The summed E-state index contributed by atoms with van der Waals surface area (Å²) in [6.45, 7) is 0. The molecule has 0 aliphatic heterocycles. The number of rotatable bonds is 4. The molecule has 0 saturated heterocycles. The lowest BCUT2D eigenvalue weighted by atomic mass is 9.87. The molecule has 0 atom stereocenters. The van der Waals surface area contributed by atoms with E-state index in [1.807, 2.05) is 10.5 Å². The van der Waals surface area contributed by atoms with Crippen molar-refractivity contribution in [3.05, 3.63) is 70.7 Å². The number of fused-ring (bicyclic) bond motifs is 3. The third kappa shape index (κ3) is 3.47. The third-order valence-corrected chi connectivity index (χ3v) is 5.95. The lowest BCUT2D eigenvalue weighted by Gasteiger charge is -2.21. The van der Waals surface area contributed by atoms with E-state index in [-0.39, 0.29) is 11.5 Å². The number of benzene rings is 1. The van der Waals surface area contributed by atoms with Gasteiger partial charge in [0.2, 0.25) is 0 Å². The van der Waals surface area contributed by atoms with Gasteiger partial charge in [-0.15, -0.1) is 0 Å². The summed E-state index contributed by atoms with van der Waals surface area (Å²) >= 11 is 0. The molecule has 1 fully saturated rings. The maximum Gasteiger partial charge on any atom is 0.274 e. The normalized spacial score (nSPS) is 14.9. The van der Waals surface area contributed by atoms with Gasteiger partial charge in [0.15, 0.2) is 0 Å². The molecule has 1 saturated carbocycles. The molecule has 3 heterocycles. The fourth-order valence-electron chi connectivity index (χ4n) is 4.40. The number of carbonyl (C=O) groups is 1. The molecule has 7 heteroatoms. The average Bonchev–Trinajstić information content (AvgIpc) is 3.19. The molecule has 1 amide bonds. The first-order chi connectivity index (χ1) is 14.7. The van der Waals surface area contributed by atoms with Gasteiger partial charge in [-0.05, 0) is 36.2 Å². The molecule has 5 rings (SSSR count). The molecule has 0 radical (unpaired) electrons. The first-order valence-corrected chi connectivity index (χ1v) is 10.4. The van der Waals surface area contributed by atoms with Crippen LogP contribution in [0.4, 0.5) is 5.69 Å². The van der Waals surface area contributed by atoms with E-state index >= 15 is 0 Å². The molecule has 1 aliphatic carbocycles. The van der Waals surface area contributed by atoms with Crippen LogP contribution < -0.4 is 10.9 Å². The second-order valence-electron chi connectivity index (χ2n) is 7.98. The highest BCUT2D eigenvalue weighted by molar-refractivity contribution is 6.06. The summed E-state index contributed by atoms with van der Waals surface area (Å²) in [5.74, 6) is 1.27. The standard InChI is InChI=1S/C23H23N5O2/c29-22(26-17-8-10-24-11-9-17)16-6-7-18-19(13-16)28-20(23(30)27-18)14-25-21(28)12-15-4-2-1-3-5-15/h6-11,13-15H,1-5,12H2,(H,27,30)(H,24,26,29). The molecule has 1 aliphatic rings. The van der Waals surface area contributed by atoms with Crippen LogP contribution in [0.15, 0.2) is 53.7 Å². The Hall–Kier alpha value is -3.48. The number of imidazole rings is 1. The van der Waals surface area contributed by atoms with Gasteiger partial charge in [0.25, 0.3) is 11.5 Å². The smallest absolute Gasteiger partial charge is 0.274 e. The predicted molar refractivity (Wildman–Crippen MR) is 116 cm³/mol. The Kier molecular flexibility index (Phi) is 4.78. The summed E-state index contributed by atoms with van der Waals surface area (Å²) in [6, 6.07) is 8.81. The van der Waals surface area contributed by atoms with Crippen molar-refractivity contribution >= 4 is 28.1 Å². The third-order valence-electron chi connectivity index (χ3n) is 5.95. The topological polar surface area (TPSA) is 92.1 Å². The highest BCUT2D eigenvalue weighted by Crippen LogP contribution is 2.27. The quantitative estimate of drug-likeness (QED) is 0.542. The van der Waals surface area contributed by atoms with Crippen LogP contribution in [0.1, 0.15) is 48.3 Å². The van der Waals surface area contributed by atoms with Gasteiger partial charge in [0.05, 0.1) is 17.2 Å². The van der Waals surface area contributed by atoms with E-state index in [2.05, 4.69) is 20.3 Å². The first kappa shape index (κ1) is 18.5. The second-order valence-corrected chi connectivity index (χ2v) is 7.98. The summed E-state index contributed by atoms with van der Waals surface area (Å²) in [5.41, 5.74) is 3.03. The summed E-state index contributed by atoms with van der Waals surface area (Å²) in [4.78, 5) is 36.8. The van der Waals surface area contributed by atoms with E-state index in [0.717, 1.165) is 17.8 Å². The first-order valence-electron chi connectivity index (χ1n) is 10.4. The van der Waals surface area contributed by atoms with Crippen LogP contribution in [0.25, 0.3) is 16.6 Å². The van der Waals surface area contributed by atoms with E-state index in [0.29, 0.717) is 28.2 Å². The van der Waals surface area contributed by atoms with Crippen molar-refractivity contribution in [1.82, 2.24) is 19.4 Å². The number of anilines is 1. The number of aromatic nitrogens is 4. The number of aromatic amines is 1. The van der Waals surface area contributed by atoms with Crippen molar-refractivity contribution in [3.63, 3.8) is 0 Å². The van der Waals surface area contributed by atoms with Crippen molar-refractivity contribution in [2.24, 2.45) is 5.92 Å². The van der Waals surface area contributed by atoms with Gasteiger partial charge in [-0.2, -0.15) is 0 Å². The van der Waals surface area contributed by atoms with Crippen molar-refractivity contribution in [2.75, 3.05) is 5.32 Å². The van der Waals surface area contributed by atoms with Gasteiger partial charge in [0.1, 0.15) is 11.3 Å². The second kappa shape index (κ2) is 7.74. The zero-order valence-corrected chi connectivity index (χ0v) is 16.6. The lowest BCUT2D eigenvalue weighted by Crippen LogP contribution is -2.16. The summed E-state index contributed by atoms with van der Waals surface area (Å²) < 4.78 is 1.92.